The quantitative estimate of drug-likeness (QED) is 0.366. The van der Waals surface area contributed by atoms with Crippen molar-refractivity contribution in [2.45, 2.75) is 58.3 Å². The van der Waals surface area contributed by atoms with E-state index in [0.29, 0.717) is 31.0 Å². The minimum absolute atomic E-state index is 0.0861. The predicted octanol–water partition coefficient (Wildman–Crippen LogP) is 5.87. The number of fused-ring (bicyclic) bond motifs is 2. The van der Waals surface area contributed by atoms with Crippen LogP contribution in [0.15, 0.2) is 60.7 Å². The molecule has 1 aliphatic rings. The molecule has 0 aliphatic carbocycles. The number of nitrogens with zero attached hydrogens (tertiary/aromatic N) is 3. The van der Waals surface area contributed by atoms with E-state index in [0.717, 1.165) is 41.4 Å². The van der Waals surface area contributed by atoms with Gasteiger partial charge in [0.1, 0.15) is 5.75 Å². The van der Waals surface area contributed by atoms with Gasteiger partial charge < -0.3 is 34.6 Å². The first kappa shape index (κ1) is 33.1. The maximum absolute atomic E-state index is 14.2. The van der Waals surface area contributed by atoms with Crippen LogP contribution in [0.4, 0.5) is 16.2 Å². The Morgan fingerprint density at radius 3 is 2.57 bits per heavy atom. The third kappa shape index (κ3) is 8.21. The van der Waals surface area contributed by atoms with Gasteiger partial charge in [-0.1, -0.05) is 43.3 Å². The number of nitrogens with one attached hydrogen (secondary N) is 1. The summed E-state index contributed by atoms with van der Waals surface area (Å²) in [6, 6.07) is 18.8. The van der Waals surface area contributed by atoms with Crippen LogP contribution in [-0.2, 0) is 4.74 Å². The monoisotopic (exact) mass is 604 g/mol. The molecule has 0 saturated carbocycles. The largest absolute Gasteiger partial charge is 0.490 e. The number of likely N-dealkylation sites (N-methyl/N-ethyl adjacent to an activating group) is 1. The molecule has 2 N–H and O–H groups in total. The summed E-state index contributed by atoms with van der Waals surface area (Å²) in [5, 5.41) is 15.3. The molecule has 3 amide bonds. The molecule has 1 aliphatic heterocycles. The zero-order chi connectivity index (χ0) is 31.8. The van der Waals surface area contributed by atoms with Crippen LogP contribution in [0.2, 0.25) is 0 Å². The number of hydrogen-bond acceptors (Lipinski definition) is 6. The Hall–Kier alpha value is -3.82. The molecule has 0 aromatic heterocycles. The zero-order valence-corrected chi connectivity index (χ0v) is 27.0. The molecule has 0 unspecified atom stereocenters. The van der Waals surface area contributed by atoms with E-state index < -0.39 is 6.04 Å². The number of aliphatic hydroxyl groups excluding tert-OH is 1. The molecule has 4 atom stereocenters. The lowest BCUT2D eigenvalue weighted by molar-refractivity contribution is -0.0115. The summed E-state index contributed by atoms with van der Waals surface area (Å²) < 4.78 is 12.7. The summed E-state index contributed by atoms with van der Waals surface area (Å²) >= 11 is 0. The number of hydrogen-bond donors (Lipinski definition) is 2. The molecule has 44 heavy (non-hydrogen) atoms. The molecule has 1 heterocycles. The van der Waals surface area contributed by atoms with Crippen LogP contribution in [0.1, 0.15) is 50.4 Å². The fourth-order valence-corrected chi connectivity index (χ4v) is 5.55. The Bertz CT molecular complexity index is 1410. The van der Waals surface area contributed by atoms with Crippen molar-refractivity contribution in [3.05, 3.63) is 66.2 Å². The lowest BCUT2D eigenvalue weighted by Crippen LogP contribution is -2.48. The highest BCUT2D eigenvalue weighted by Crippen LogP contribution is 2.29. The molecular weight excluding hydrogens is 556 g/mol. The van der Waals surface area contributed by atoms with Gasteiger partial charge in [-0.25, -0.2) is 4.79 Å². The van der Waals surface area contributed by atoms with Crippen molar-refractivity contribution in [1.82, 2.24) is 9.80 Å². The van der Waals surface area contributed by atoms with Gasteiger partial charge in [0.15, 0.2) is 0 Å². The van der Waals surface area contributed by atoms with E-state index in [1.165, 1.54) is 0 Å². The van der Waals surface area contributed by atoms with Crippen LogP contribution in [0.5, 0.6) is 5.75 Å². The second-order valence-electron chi connectivity index (χ2n) is 12.2. The number of rotatable bonds is 6. The lowest BCUT2D eigenvalue weighted by atomic mass is 10.0. The minimum Gasteiger partial charge on any atom is -0.490 e. The van der Waals surface area contributed by atoms with Crippen molar-refractivity contribution < 1.29 is 24.2 Å². The molecule has 0 radical (unpaired) electrons. The van der Waals surface area contributed by atoms with Crippen molar-refractivity contribution in [3.8, 4) is 5.75 Å². The van der Waals surface area contributed by atoms with Crippen molar-refractivity contribution in [3.63, 3.8) is 0 Å². The molecule has 0 fully saturated rings. The number of amides is 3. The highest BCUT2D eigenvalue weighted by molar-refractivity contribution is 6.01. The van der Waals surface area contributed by atoms with Crippen molar-refractivity contribution in [2.75, 3.05) is 57.7 Å². The summed E-state index contributed by atoms with van der Waals surface area (Å²) in [4.78, 5) is 32.9. The highest BCUT2D eigenvalue weighted by atomic mass is 16.5. The van der Waals surface area contributed by atoms with Gasteiger partial charge in [0.2, 0.25) is 0 Å². The third-order valence-electron chi connectivity index (χ3n) is 8.38. The maximum atomic E-state index is 14.2. The molecule has 0 saturated heterocycles. The summed E-state index contributed by atoms with van der Waals surface area (Å²) in [7, 11) is 5.63. The van der Waals surface area contributed by atoms with E-state index >= 15 is 0 Å². The molecule has 9 heteroatoms. The van der Waals surface area contributed by atoms with Crippen LogP contribution >= 0.6 is 0 Å². The number of aliphatic hydroxyl groups is 1. The summed E-state index contributed by atoms with van der Waals surface area (Å²) in [6.45, 7) is 6.92. The predicted molar refractivity (Wildman–Crippen MR) is 177 cm³/mol. The molecule has 3 aromatic rings. The fourth-order valence-electron chi connectivity index (χ4n) is 5.55. The highest BCUT2D eigenvalue weighted by Gasteiger charge is 2.31. The van der Waals surface area contributed by atoms with Gasteiger partial charge in [-0.15, -0.1) is 0 Å². The lowest BCUT2D eigenvalue weighted by Gasteiger charge is -2.36. The van der Waals surface area contributed by atoms with Gasteiger partial charge in [-0.3, -0.25) is 4.79 Å². The number of anilines is 2. The average molecular weight is 605 g/mol. The van der Waals surface area contributed by atoms with Crippen LogP contribution < -0.4 is 15.0 Å². The first-order valence-corrected chi connectivity index (χ1v) is 15.6. The molecule has 0 spiro atoms. The Morgan fingerprint density at radius 1 is 1.07 bits per heavy atom. The van der Waals surface area contributed by atoms with E-state index in [4.69, 9.17) is 9.47 Å². The third-order valence-corrected chi connectivity index (χ3v) is 8.38. The molecular formula is C35H48N4O5. The van der Waals surface area contributed by atoms with Crippen LogP contribution in [0.25, 0.3) is 10.8 Å². The number of ether oxygens (including phenoxy) is 2. The van der Waals surface area contributed by atoms with Crippen LogP contribution in [-0.4, -0.2) is 92.5 Å². The Labute approximate surface area is 261 Å². The van der Waals surface area contributed by atoms with Crippen LogP contribution in [0.3, 0.4) is 0 Å². The van der Waals surface area contributed by atoms with Gasteiger partial charge in [0, 0.05) is 57.8 Å². The van der Waals surface area contributed by atoms with Crippen molar-refractivity contribution in [1.29, 1.82) is 0 Å². The number of carbonyl (C=O) groups is 2. The molecule has 238 valence electrons. The van der Waals surface area contributed by atoms with E-state index in [-0.39, 0.29) is 36.7 Å². The number of carbonyl (C=O) groups excluding carboxylic acids is 2. The van der Waals surface area contributed by atoms with E-state index in [9.17, 15) is 14.7 Å². The summed E-state index contributed by atoms with van der Waals surface area (Å²) in [5.41, 5.74) is 2.11. The van der Waals surface area contributed by atoms with Crippen molar-refractivity contribution in [2.24, 2.45) is 5.92 Å². The van der Waals surface area contributed by atoms with E-state index in [2.05, 4.69) is 5.32 Å². The van der Waals surface area contributed by atoms with Gasteiger partial charge >= 0.3 is 6.03 Å². The smallest absolute Gasteiger partial charge is 0.321 e. The first-order chi connectivity index (χ1) is 21.1. The van der Waals surface area contributed by atoms with Gasteiger partial charge in [-0.05, 0) is 62.8 Å². The second kappa shape index (κ2) is 15.3. The Morgan fingerprint density at radius 2 is 1.82 bits per heavy atom. The maximum Gasteiger partial charge on any atom is 0.321 e. The van der Waals surface area contributed by atoms with Crippen molar-refractivity contribution >= 4 is 34.1 Å². The Balaban J connectivity index is 1.58. The summed E-state index contributed by atoms with van der Waals surface area (Å²) in [5.74, 6) is 0.205. The fraction of sp³-hybridized carbons (Fsp3) is 0.486. The van der Waals surface area contributed by atoms with Gasteiger partial charge in [0.25, 0.3) is 5.91 Å². The number of benzene rings is 3. The normalized spacial score (nSPS) is 20.7. The molecule has 4 rings (SSSR count). The molecule has 9 nitrogen and oxygen atoms in total. The minimum atomic E-state index is -0.431. The van der Waals surface area contributed by atoms with E-state index in [1.54, 1.807) is 16.8 Å². The first-order valence-electron chi connectivity index (χ1n) is 15.6. The topological polar surface area (TPSA) is 94.6 Å². The van der Waals surface area contributed by atoms with Crippen LogP contribution in [0, 0.1) is 5.92 Å². The SMILES string of the molecule is C[C@H]1CCCCO[C@H](CN(C)C(=O)Nc2cccc3ccccc23)[C@@H](C)CN([C@@H](C)CO)C(=O)c2cc(N(C)C)ccc2O1. The van der Waals surface area contributed by atoms with Gasteiger partial charge in [0.05, 0.1) is 36.1 Å². The zero-order valence-electron chi connectivity index (χ0n) is 27.0. The Kier molecular flexibility index (Phi) is 11.5. The molecule has 3 aromatic carbocycles. The number of urea groups is 1. The second-order valence-corrected chi connectivity index (χ2v) is 12.2. The average Bonchev–Trinajstić information content (AvgIpc) is 3.01. The standard InChI is InChI=1S/C35H48N4O5/c1-24-21-39(25(2)23-40)34(41)30-20-28(37(4)5)17-18-32(30)44-26(3)12-9-10-19-43-33(24)22-38(6)35(42)36-31-16-11-14-27-13-7-8-15-29(27)31/h7-8,11,13-18,20,24-26,33,40H,9-10,12,19,21-23H2,1-6H3,(H,36,42)/t24-,25-,26-,33+/m0/s1. The van der Waals surface area contributed by atoms with Gasteiger partial charge in [-0.2, -0.15) is 0 Å². The van der Waals surface area contributed by atoms with E-state index in [1.807, 2.05) is 100 Å². The summed E-state index contributed by atoms with van der Waals surface area (Å²) in [6.07, 6.45) is 2.16. The molecule has 0 bridgehead atoms.